The first kappa shape index (κ1) is 23.4. The molecular formula is C24H28N4O4. The van der Waals surface area contributed by atoms with E-state index in [1.54, 1.807) is 6.07 Å². The third-order valence-electron chi connectivity index (χ3n) is 5.44. The molecular weight excluding hydrogens is 408 g/mol. The SMILES string of the molecule is CC(C)(C)c1ccc(N2CCO[C@H](C(O)C(=O)Nc3ccc(C#N)c(CN)c3)C2=O)cc1. The molecule has 2 atom stereocenters. The van der Waals surface area contributed by atoms with E-state index in [4.69, 9.17) is 15.7 Å². The molecule has 8 heteroatoms. The van der Waals surface area contributed by atoms with Crippen molar-refractivity contribution in [3.05, 3.63) is 59.2 Å². The Balaban J connectivity index is 1.72. The molecule has 0 bridgehead atoms. The van der Waals surface area contributed by atoms with Crippen molar-refractivity contribution in [1.82, 2.24) is 0 Å². The summed E-state index contributed by atoms with van der Waals surface area (Å²) in [5, 5.41) is 22.2. The average molecular weight is 437 g/mol. The van der Waals surface area contributed by atoms with Crippen molar-refractivity contribution in [1.29, 1.82) is 5.26 Å². The van der Waals surface area contributed by atoms with E-state index in [1.807, 2.05) is 30.3 Å². The summed E-state index contributed by atoms with van der Waals surface area (Å²) in [6.07, 6.45) is -3.02. The van der Waals surface area contributed by atoms with Gasteiger partial charge in [-0.1, -0.05) is 32.9 Å². The molecule has 3 rings (SSSR count). The summed E-state index contributed by atoms with van der Waals surface area (Å²) in [4.78, 5) is 27.1. The number of hydrogen-bond donors (Lipinski definition) is 3. The third-order valence-corrected chi connectivity index (χ3v) is 5.44. The first-order valence-corrected chi connectivity index (χ1v) is 10.4. The van der Waals surface area contributed by atoms with Crippen molar-refractivity contribution >= 4 is 23.2 Å². The number of nitrogens with one attached hydrogen (secondary N) is 1. The Labute approximate surface area is 187 Å². The van der Waals surface area contributed by atoms with Crippen molar-refractivity contribution in [2.75, 3.05) is 23.4 Å². The van der Waals surface area contributed by atoms with Gasteiger partial charge in [0.1, 0.15) is 0 Å². The highest BCUT2D eigenvalue weighted by atomic mass is 16.5. The van der Waals surface area contributed by atoms with Crippen LogP contribution in [0.5, 0.6) is 0 Å². The molecule has 1 heterocycles. The lowest BCUT2D eigenvalue weighted by Gasteiger charge is -2.34. The smallest absolute Gasteiger partial charge is 0.259 e. The van der Waals surface area contributed by atoms with Gasteiger partial charge in [-0.3, -0.25) is 9.59 Å². The van der Waals surface area contributed by atoms with E-state index in [0.717, 1.165) is 5.56 Å². The van der Waals surface area contributed by atoms with Crippen LogP contribution in [-0.2, 0) is 26.3 Å². The lowest BCUT2D eigenvalue weighted by Crippen LogP contribution is -2.55. The third kappa shape index (κ3) is 4.97. The minimum Gasteiger partial charge on any atom is -0.380 e. The zero-order chi connectivity index (χ0) is 23.5. The van der Waals surface area contributed by atoms with Gasteiger partial charge in [0.15, 0.2) is 12.2 Å². The maximum atomic E-state index is 13.0. The van der Waals surface area contributed by atoms with E-state index in [1.165, 1.54) is 17.0 Å². The average Bonchev–Trinajstić information content (AvgIpc) is 2.78. The maximum Gasteiger partial charge on any atom is 0.259 e. The minimum atomic E-state index is -1.70. The molecule has 0 aliphatic carbocycles. The van der Waals surface area contributed by atoms with Crippen LogP contribution >= 0.6 is 0 Å². The minimum absolute atomic E-state index is 0.0143. The van der Waals surface area contributed by atoms with Crippen LogP contribution < -0.4 is 16.0 Å². The largest absolute Gasteiger partial charge is 0.380 e. The number of aliphatic hydroxyl groups is 1. The van der Waals surface area contributed by atoms with Crippen LogP contribution in [0.15, 0.2) is 42.5 Å². The first-order valence-electron chi connectivity index (χ1n) is 10.4. The number of benzene rings is 2. The Kier molecular flexibility index (Phi) is 6.94. The number of ether oxygens (including phenoxy) is 1. The summed E-state index contributed by atoms with van der Waals surface area (Å²) in [5.41, 5.74) is 8.79. The van der Waals surface area contributed by atoms with Crippen molar-refractivity contribution in [2.24, 2.45) is 5.73 Å². The van der Waals surface area contributed by atoms with Crippen LogP contribution in [0.2, 0.25) is 0 Å². The summed E-state index contributed by atoms with van der Waals surface area (Å²) in [6, 6.07) is 14.3. The number of anilines is 2. The summed E-state index contributed by atoms with van der Waals surface area (Å²) >= 11 is 0. The topological polar surface area (TPSA) is 129 Å². The number of carbonyl (C=O) groups excluding carboxylic acids is 2. The van der Waals surface area contributed by atoms with Crippen molar-refractivity contribution in [2.45, 2.75) is 44.9 Å². The fourth-order valence-corrected chi connectivity index (χ4v) is 3.53. The summed E-state index contributed by atoms with van der Waals surface area (Å²) in [7, 11) is 0. The fraction of sp³-hybridized carbons (Fsp3) is 0.375. The number of rotatable bonds is 5. The molecule has 2 amide bonds. The van der Waals surface area contributed by atoms with Crippen LogP contribution in [0.4, 0.5) is 11.4 Å². The fourth-order valence-electron chi connectivity index (χ4n) is 3.53. The van der Waals surface area contributed by atoms with Crippen molar-refractivity contribution < 1.29 is 19.4 Å². The zero-order valence-electron chi connectivity index (χ0n) is 18.5. The molecule has 1 aliphatic heterocycles. The van der Waals surface area contributed by atoms with Gasteiger partial charge in [0.05, 0.1) is 18.2 Å². The Bertz CT molecular complexity index is 1040. The normalized spacial score (nSPS) is 17.6. The molecule has 2 aromatic carbocycles. The number of carbonyl (C=O) groups is 2. The van der Waals surface area contributed by atoms with Crippen LogP contribution in [0.1, 0.15) is 37.5 Å². The highest BCUT2D eigenvalue weighted by Gasteiger charge is 2.39. The van der Waals surface area contributed by atoms with Gasteiger partial charge in [0.25, 0.3) is 11.8 Å². The predicted molar refractivity (Wildman–Crippen MR) is 121 cm³/mol. The summed E-state index contributed by atoms with van der Waals surface area (Å²) < 4.78 is 5.46. The Hall–Kier alpha value is -3.25. The molecule has 2 aromatic rings. The Morgan fingerprint density at radius 1 is 1.31 bits per heavy atom. The van der Waals surface area contributed by atoms with E-state index in [9.17, 15) is 14.7 Å². The maximum absolute atomic E-state index is 13.0. The van der Waals surface area contributed by atoms with Gasteiger partial charge in [0.2, 0.25) is 0 Å². The molecule has 1 unspecified atom stereocenters. The van der Waals surface area contributed by atoms with Gasteiger partial charge in [-0.2, -0.15) is 5.26 Å². The lowest BCUT2D eigenvalue weighted by atomic mass is 9.87. The van der Waals surface area contributed by atoms with Crippen molar-refractivity contribution in [3.63, 3.8) is 0 Å². The van der Waals surface area contributed by atoms with Gasteiger partial charge in [-0.15, -0.1) is 0 Å². The Morgan fingerprint density at radius 3 is 2.59 bits per heavy atom. The molecule has 4 N–H and O–H groups in total. The van der Waals surface area contributed by atoms with Crippen LogP contribution in [0.25, 0.3) is 0 Å². The van der Waals surface area contributed by atoms with E-state index in [-0.39, 0.29) is 18.6 Å². The second-order valence-corrected chi connectivity index (χ2v) is 8.70. The van der Waals surface area contributed by atoms with E-state index in [2.05, 4.69) is 26.1 Å². The van der Waals surface area contributed by atoms with Gasteiger partial charge in [-0.05, 0) is 46.9 Å². The predicted octanol–water partition coefficient (Wildman–Crippen LogP) is 2.05. The van der Waals surface area contributed by atoms with E-state index < -0.39 is 24.0 Å². The number of aliphatic hydroxyl groups excluding tert-OH is 1. The van der Waals surface area contributed by atoms with Crippen LogP contribution in [-0.4, -0.2) is 42.3 Å². The molecule has 0 aromatic heterocycles. The number of nitrogens with two attached hydrogens (primary N) is 1. The highest BCUT2D eigenvalue weighted by molar-refractivity contribution is 6.03. The Morgan fingerprint density at radius 2 is 2.00 bits per heavy atom. The van der Waals surface area contributed by atoms with Crippen LogP contribution in [0, 0.1) is 11.3 Å². The number of hydrogen-bond acceptors (Lipinski definition) is 6. The molecule has 168 valence electrons. The number of nitrogens with zero attached hydrogens (tertiary/aromatic N) is 2. The molecule has 0 spiro atoms. The molecule has 1 saturated heterocycles. The van der Waals surface area contributed by atoms with E-state index in [0.29, 0.717) is 29.0 Å². The highest BCUT2D eigenvalue weighted by Crippen LogP contribution is 2.27. The molecule has 1 fully saturated rings. The molecule has 32 heavy (non-hydrogen) atoms. The monoisotopic (exact) mass is 436 g/mol. The van der Waals surface area contributed by atoms with Crippen molar-refractivity contribution in [3.8, 4) is 6.07 Å². The van der Waals surface area contributed by atoms with Gasteiger partial charge in [-0.25, -0.2) is 0 Å². The summed E-state index contributed by atoms with van der Waals surface area (Å²) in [6.45, 7) is 6.97. The van der Waals surface area contributed by atoms with Gasteiger partial charge < -0.3 is 25.8 Å². The van der Waals surface area contributed by atoms with Gasteiger partial charge in [0, 0.05) is 24.5 Å². The number of nitriles is 1. The van der Waals surface area contributed by atoms with E-state index >= 15 is 0 Å². The molecule has 0 radical (unpaired) electrons. The number of morpholine rings is 1. The number of amides is 2. The molecule has 1 aliphatic rings. The lowest BCUT2D eigenvalue weighted by molar-refractivity contribution is -0.150. The second kappa shape index (κ2) is 9.49. The zero-order valence-corrected chi connectivity index (χ0v) is 18.5. The molecule has 0 saturated carbocycles. The van der Waals surface area contributed by atoms with Crippen LogP contribution in [0.3, 0.4) is 0 Å². The molecule has 8 nitrogen and oxygen atoms in total. The summed E-state index contributed by atoms with van der Waals surface area (Å²) in [5.74, 6) is -1.26. The second-order valence-electron chi connectivity index (χ2n) is 8.70. The standard InChI is InChI=1S/C24H28N4O4/c1-24(2,3)17-5-8-19(9-6-17)28-10-11-32-21(23(28)31)20(29)22(30)27-18-7-4-15(13-25)16(12-18)14-26/h4-9,12,20-21,29H,10-11,14,26H2,1-3H3,(H,27,30)/t20?,21-/m1/s1. The quantitative estimate of drug-likeness (QED) is 0.658. The van der Waals surface area contributed by atoms with Gasteiger partial charge >= 0.3 is 0 Å². The first-order chi connectivity index (χ1) is 15.2.